The molecule has 0 aliphatic rings. The van der Waals surface area contributed by atoms with E-state index in [1.807, 2.05) is 61.5 Å². The van der Waals surface area contributed by atoms with Crippen LogP contribution in [0.4, 0.5) is 5.69 Å². The number of ether oxygens (including phenoxy) is 1. The summed E-state index contributed by atoms with van der Waals surface area (Å²) >= 11 is 0. The summed E-state index contributed by atoms with van der Waals surface area (Å²) < 4.78 is 7.00. The topological polar surface area (TPSA) is 85.2 Å². The van der Waals surface area contributed by atoms with Gasteiger partial charge in [0.25, 0.3) is 0 Å². The molecule has 1 aromatic heterocycles. The normalized spacial score (nSPS) is 10.4. The summed E-state index contributed by atoms with van der Waals surface area (Å²) in [6.45, 7) is 2.84. The second kappa shape index (κ2) is 10.1. The van der Waals surface area contributed by atoms with Crippen LogP contribution in [0.25, 0.3) is 0 Å². The lowest BCUT2D eigenvalue weighted by atomic mass is 10.1. The highest BCUT2D eigenvalue weighted by Crippen LogP contribution is 2.10. The van der Waals surface area contributed by atoms with Gasteiger partial charge in [0.05, 0.1) is 24.9 Å². The van der Waals surface area contributed by atoms with Crippen molar-refractivity contribution in [2.24, 2.45) is 0 Å². The van der Waals surface area contributed by atoms with E-state index in [-0.39, 0.29) is 31.4 Å². The van der Waals surface area contributed by atoms with Gasteiger partial charge in [0.2, 0.25) is 11.8 Å². The third-order valence-corrected chi connectivity index (χ3v) is 4.30. The average Bonchev–Trinajstić information content (AvgIpc) is 3.14. The molecule has 7 heteroatoms. The summed E-state index contributed by atoms with van der Waals surface area (Å²) in [6, 6.07) is 17.2. The first-order valence-electron chi connectivity index (χ1n) is 9.41. The number of carbonyl (C=O) groups excluding carboxylic acids is 2. The zero-order chi connectivity index (χ0) is 20.5. The molecule has 2 amide bonds. The highest BCUT2D eigenvalue weighted by atomic mass is 16.5. The van der Waals surface area contributed by atoms with E-state index in [1.54, 1.807) is 6.20 Å². The van der Waals surface area contributed by atoms with Gasteiger partial charge in [-0.25, -0.2) is 0 Å². The molecule has 29 heavy (non-hydrogen) atoms. The van der Waals surface area contributed by atoms with E-state index in [4.69, 9.17) is 4.74 Å². The molecule has 3 rings (SSSR count). The lowest BCUT2D eigenvalue weighted by Gasteiger charge is -2.08. The zero-order valence-electron chi connectivity index (χ0n) is 16.3. The summed E-state index contributed by atoms with van der Waals surface area (Å²) in [5.41, 5.74) is 2.75. The summed E-state index contributed by atoms with van der Waals surface area (Å²) in [5, 5.41) is 9.75. The standard InChI is InChI=1S/C22H24N4O3/c1-17-7-5-6-8-18(17)13-23-22(28)16-26-15-19(14-24-26)25-21(27)11-12-29-20-9-3-2-4-10-20/h2-10,14-15H,11-13,16H2,1H3,(H,23,28)(H,25,27). The van der Waals surface area contributed by atoms with Crippen LogP contribution < -0.4 is 15.4 Å². The fourth-order valence-corrected chi connectivity index (χ4v) is 2.72. The molecule has 0 saturated heterocycles. The number of nitrogens with one attached hydrogen (secondary N) is 2. The van der Waals surface area contributed by atoms with Crippen LogP contribution in [0.15, 0.2) is 67.0 Å². The van der Waals surface area contributed by atoms with Crippen LogP contribution in [0.3, 0.4) is 0 Å². The molecule has 1 heterocycles. The molecule has 0 saturated carbocycles. The maximum absolute atomic E-state index is 12.1. The number of hydrogen-bond acceptors (Lipinski definition) is 4. The van der Waals surface area contributed by atoms with Crippen molar-refractivity contribution in [3.8, 4) is 5.75 Å². The Morgan fingerprint density at radius 1 is 1.03 bits per heavy atom. The second-order valence-corrected chi connectivity index (χ2v) is 6.59. The SMILES string of the molecule is Cc1ccccc1CNC(=O)Cn1cc(NC(=O)CCOc2ccccc2)cn1. The van der Waals surface area contributed by atoms with Crippen molar-refractivity contribution in [1.29, 1.82) is 0 Å². The molecule has 0 bridgehead atoms. The van der Waals surface area contributed by atoms with Gasteiger partial charge in [-0.05, 0) is 30.2 Å². The Labute approximate surface area is 169 Å². The predicted molar refractivity (Wildman–Crippen MR) is 110 cm³/mol. The van der Waals surface area contributed by atoms with Gasteiger partial charge >= 0.3 is 0 Å². The minimum Gasteiger partial charge on any atom is -0.493 e. The van der Waals surface area contributed by atoms with Crippen molar-refractivity contribution in [3.05, 3.63) is 78.1 Å². The van der Waals surface area contributed by atoms with Gasteiger partial charge < -0.3 is 15.4 Å². The first kappa shape index (κ1) is 20.1. The Balaban J connectivity index is 1.39. The van der Waals surface area contributed by atoms with Gasteiger partial charge in [-0.2, -0.15) is 5.10 Å². The van der Waals surface area contributed by atoms with Crippen molar-refractivity contribution in [3.63, 3.8) is 0 Å². The highest BCUT2D eigenvalue weighted by molar-refractivity contribution is 5.90. The number of benzene rings is 2. The van der Waals surface area contributed by atoms with Gasteiger partial charge in [-0.1, -0.05) is 42.5 Å². The van der Waals surface area contributed by atoms with E-state index in [2.05, 4.69) is 15.7 Å². The van der Waals surface area contributed by atoms with Gasteiger partial charge in [0.1, 0.15) is 12.3 Å². The number of hydrogen-bond donors (Lipinski definition) is 2. The summed E-state index contributed by atoms with van der Waals surface area (Å²) in [4.78, 5) is 24.1. The molecular formula is C22H24N4O3. The Morgan fingerprint density at radius 2 is 1.79 bits per heavy atom. The number of anilines is 1. The van der Waals surface area contributed by atoms with Crippen LogP contribution in [0.2, 0.25) is 0 Å². The summed E-state index contributed by atoms with van der Waals surface area (Å²) in [5.74, 6) is 0.403. The highest BCUT2D eigenvalue weighted by Gasteiger charge is 2.08. The van der Waals surface area contributed by atoms with E-state index < -0.39 is 0 Å². The van der Waals surface area contributed by atoms with Crippen LogP contribution in [0, 0.1) is 6.92 Å². The van der Waals surface area contributed by atoms with E-state index >= 15 is 0 Å². The second-order valence-electron chi connectivity index (χ2n) is 6.59. The lowest BCUT2D eigenvalue weighted by Crippen LogP contribution is -2.27. The fraction of sp³-hybridized carbons (Fsp3) is 0.227. The van der Waals surface area contributed by atoms with Crippen LogP contribution >= 0.6 is 0 Å². The Morgan fingerprint density at radius 3 is 2.59 bits per heavy atom. The third-order valence-electron chi connectivity index (χ3n) is 4.30. The molecule has 0 radical (unpaired) electrons. The number of amides is 2. The van der Waals surface area contributed by atoms with E-state index in [9.17, 15) is 9.59 Å². The Hall–Kier alpha value is -3.61. The summed E-state index contributed by atoms with van der Waals surface area (Å²) in [6.07, 6.45) is 3.37. The van der Waals surface area contributed by atoms with Gasteiger partial charge in [0.15, 0.2) is 0 Å². The van der Waals surface area contributed by atoms with Gasteiger partial charge in [0, 0.05) is 12.7 Å². The maximum Gasteiger partial charge on any atom is 0.241 e. The maximum atomic E-state index is 12.1. The first-order valence-corrected chi connectivity index (χ1v) is 9.41. The number of aromatic nitrogens is 2. The van der Waals surface area contributed by atoms with Crippen LogP contribution in [-0.4, -0.2) is 28.2 Å². The molecule has 2 N–H and O–H groups in total. The van der Waals surface area contributed by atoms with Gasteiger partial charge in [-0.3, -0.25) is 14.3 Å². The van der Waals surface area contributed by atoms with E-state index in [0.29, 0.717) is 12.2 Å². The molecule has 0 aliphatic carbocycles. The molecule has 0 atom stereocenters. The quantitative estimate of drug-likeness (QED) is 0.586. The van der Waals surface area contributed by atoms with Crippen LogP contribution in [0.1, 0.15) is 17.5 Å². The Bertz CT molecular complexity index is 953. The smallest absolute Gasteiger partial charge is 0.241 e. The number of rotatable bonds is 9. The molecule has 0 aliphatic heterocycles. The molecule has 0 unspecified atom stereocenters. The van der Waals surface area contributed by atoms with Crippen molar-refractivity contribution in [2.75, 3.05) is 11.9 Å². The molecule has 150 valence electrons. The molecule has 3 aromatic rings. The van der Waals surface area contributed by atoms with Crippen molar-refractivity contribution >= 4 is 17.5 Å². The number of nitrogens with zero attached hydrogens (tertiary/aromatic N) is 2. The minimum atomic E-state index is -0.176. The van der Waals surface area contributed by atoms with Crippen molar-refractivity contribution < 1.29 is 14.3 Å². The lowest BCUT2D eigenvalue weighted by molar-refractivity contribution is -0.122. The van der Waals surface area contributed by atoms with Crippen molar-refractivity contribution in [2.45, 2.75) is 26.4 Å². The number of para-hydroxylation sites is 1. The first-order chi connectivity index (χ1) is 14.1. The molecule has 0 spiro atoms. The molecule has 0 fully saturated rings. The van der Waals surface area contributed by atoms with Crippen LogP contribution in [-0.2, 0) is 22.7 Å². The molecule has 7 nitrogen and oxygen atoms in total. The largest absolute Gasteiger partial charge is 0.493 e. The third kappa shape index (κ3) is 6.49. The van der Waals surface area contributed by atoms with Crippen LogP contribution in [0.5, 0.6) is 5.75 Å². The van der Waals surface area contributed by atoms with E-state index in [1.165, 1.54) is 10.9 Å². The Kier molecular flexibility index (Phi) is 7.00. The number of aryl methyl sites for hydroxylation is 1. The minimum absolute atomic E-state index is 0.0822. The monoisotopic (exact) mass is 392 g/mol. The average molecular weight is 392 g/mol. The van der Waals surface area contributed by atoms with Gasteiger partial charge in [-0.15, -0.1) is 0 Å². The zero-order valence-corrected chi connectivity index (χ0v) is 16.3. The molecule has 2 aromatic carbocycles. The summed E-state index contributed by atoms with van der Waals surface area (Å²) in [7, 11) is 0. The van der Waals surface area contributed by atoms with Crippen molar-refractivity contribution in [1.82, 2.24) is 15.1 Å². The number of carbonyl (C=O) groups is 2. The fourth-order valence-electron chi connectivity index (χ4n) is 2.72. The molecular weight excluding hydrogens is 368 g/mol. The predicted octanol–water partition coefficient (Wildman–Crippen LogP) is 2.92. The van der Waals surface area contributed by atoms with E-state index in [0.717, 1.165) is 16.9 Å².